The van der Waals surface area contributed by atoms with Crippen LogP contribution in [0, 0.1) is 0 Å². The van der Waals surface area contributed by atoms with E-state index in [-0.39, 0.29) is 5.56 Å². The standard InChI is InChI=1S/C18H20N4O2S/c1-24-16-4-2-15(3-5-16)21-8-6-20(7-9-21)13-14-12-17(23)22-10-11-25-18(22)19-14/h2-5,10-12H,6-9,13H2,1H3. The van der Waals surface area contributed by atoms with E-state index in [4.69, 9.17) is 4.74 Å². The van der Waals surface area contributed by atoms with Crippen molar-refractivity contribution in [1.29, 1.82) is 0 Å². The molecule has 1 aromatic carbocycles. The van der Waals surface area contributed by atoms with Crippen LogP contribution in [0.3, 0.4) is 0 Å². The highest BCUT2D eigenvalue weighted by atomic mass is 32.1. The molecule has 0 unspecified atom stereocenters. The van der Waals surface area contributed by atoms with Crippen molar-refractivity contribution in [3.63, 3.8) is 0 Å². The average molecular weight is 356 g/mol. The molecule has 6 nitrogen and oxygen atoms in total. The highest BCUT2D eigenvalue weighted by Gasteiger charge is 2.18. The van der Waals surface area contributed by atoms with Gasteiger partial charge in [0.25, 0.3) is 5.56 Å². The Morgan fingerprint density at radius 1 is 1.16 bits per heavy atom. The number of ether oxygens (including phenoxy) is 1. The molecule has 1 saturated heterocycles. The van der Waals surface area contributed by atoms with E-state index in [9.17, 15) is 4.79 Å². The summed E-state index contributed by atoms with van der Waals surface area (Å²) in [7, 11) is 1.68. The molecule has 0 saturated carbocycles. The molecule has 25 heavy (non-hydrogen) atoms. The fourth-order valence-electron chi connectivity index (χ4n) is 3.16. The second-order valence-corrected chi connectivity index (χ2v) is 6.98. The zero-order valence-electron chi connectivity index (χ0n) is 14.1. The fourth-order valence-corrected chi connectivity index (χ4v) is 3.89. The minimum atomic E-state index is -0.00174. The molecule has 0 amide bonds. The van der Waals surface area contributed by atoms with Crippen molar-refractivity contribution in [3.05, 3.63) is 58.0 Å². The van der Waals surface area contributed by atoms with Gasteiger partial charge in [-0.05, 0) is 24.3 Å². The van der Waals surface area contributed by atoms with Crippen molar-refractivity contribution in [2.45, 2.75) is 6.54 Å². The van der Waals surface area contributed by atoms with Crippen LogP contribution in [-0.2, 0) is 6.54 Å². The van der Waals surface area contributed by atoms with Gasteiger partial charge in [0.1, 0.15) is 5.75 Å². The zero-order valence-corrected chi connectivity index (χ0v) is 14.9. The van der Waals surface area contributed by atoms with Crippen molar-refractivity contribution in [3.8, 4) is 5.75 Å². The number of hydrogen-bond donors (Lipinski definition) is 0. The lowest BCUT2D eigenvalue weighted by atomic mass is 10.2. The highest BCUT2D eigenvalue weighted by molar-refractivity contribution is 7.15. The number of methoxy groups -OCH3 is 1. The van der Waals surface area contributed by atoms with E-state index in [0.717, 1.165) is 49.1 Å². The summed E-state index contributed by atoms with van der Waals surface area (Å²) < 4.78 is 6.81. The summed E-state index contributed by atoms with van der Waals surface area (Å²) in [4.78, 5) is 22.2. The Kier molecular flexibility index (Phi) is 4.42. The fraction of sp³-hybridized carbons (Fsp3) is 0.333. The van der Waals surface area contributed by atoms with Gasteiger partial charge in [0.15, 0.2) is 4.96 Å². The largest absolute Gasteiger partial charge is 0.497 e. The predicted octanol–water partition coefficient (Wildman–Crippen LogP) is 2.09. The van der Waals surface area contributed by atoms with Gasteiger partial charge in [0.2, 0.25) is 0 Å². The smallest absolute Gasteiger partial charge is 0.258 e. The van der Waals surface area contributed by atoms with Crippen molar-refractivity contribution in [2.75, 3.05) is 38.2 Å². The lowest BCUT2D eigenvalue weighted by Crippen LogP contribution is -2.46. The Morgan fingerprint density at radius 2 is 1.92 bits per heavy atom. The molecule has 0 radical (unpaired) electrons. The maximum absolute atomic E-state index is 12.1. The number of hydrogen-bond acceptors (Lipinski definition) is 6. The third kappa shape index (κ3) is 3.38. The number of nitrogens with zero attached hydrogens (tertiary/aromatic N) is 4. The van der Waals surface area contributed by atoms with E-state index < -0.39 is 0 Å². The van der Waals surface area contributed by atoms with Gasteiger partial charge in [-0.25, -0.2) is 4.98 Å². The molecule has 1 fully saturated rings. The Hall–Kier alpha value is -2.38. The van der Waals surface area contributed by atoms with Crippen molar-refractivity contribution < 1.29 is 4.74 Å². The molecule has 0 N–H and O–H groups in total. The summed E-state index contributed by atoms with van der Waals surface area (Å²) in [6.45, 7) is 4.56. The molecular formula is C18H20N4O2S. The summed E-state index contributed by atoms with van der Waals surface area (Å²) in [5, 5.41) is 1.89. The molecule has 3 aromatic rings. The first-order chi connectivity index (χ1) is 12.2. The first-order valence-corrected chi connectivity index (χ1v) is 9.18. The molecule has 7 heteroatoms. The molecule has 1 aliphatic rings. The predicted molar refractivity (Wildman–Crippen MR) is 99.8 cm³/mol. The first-order valence-electron chi connectivity index (χ1n) is 8.30. The number of aromatic nitrogens is 2. The molecule has 130 valence electrons. The lowest BCUT2D eigenvalue weighted by molar-refractivity contribution is 0.247. The minimum absolute atomic E-state index is 0.00174. The SMILES string of the molecule is COc1ccc(N2CCN(Cc3cc(=O)n4ccsc4n3)CC2)cc1. The van der Waals surface area contributed by atoms with Gasteiger partial charge in [0.05, 0.1) is 12.8 Å². The molecule has 3 heterocycles. The van der Waals surface area contributed by atoms with Crippen LogP contribution in [0.15, 0.2) is 46.7 Å². The van der Waals surface area contributed by atoms with Crippen LogP contribution in [0.25, 0.3) is 4.96 Å². The summed E-state index contributed by atoms with van der Waals surface area (Å²) in [6, 6.07) is 9.84. The molecule has 4 rings (SSSR count). The topological polar surface area (TPSA) is 50.1 Å². The van der Waals surface area contributed by atoms with E-state index in [2.05, 4.69) is 26.9 Å². The Labute approximate surface area is 149 Å². The van der Waals surface area contributed by atoms with Crippen molar-refractivity contribution in [1.82, 2.24) is 14.3 Å². The van der Waals surface area contributed by atoms with Gasteiger partial charge in [-0.1, -0.05) is 0 Å². The van der Waals surface area contributed by atoms with Crippen molar-refractivity contribution >= 4 is 22.0 Å². The lowest BCUT2D eigenvalue weighted by Gasteiger charge is -2.36. The molecule has 0 aliphatic carbocycles. The molecule has 1 aliphatic heterocycles. The van der Waals surface area contributed by atoms with Crippen molar-refractivity contribution in [2.24, 2.45) is 0 Å². The Balaban J connectivity index is 1.40. The molecular weight excluding hydrogens is 336 g/mol. The number of piperazine rings is 1. The van der Waals surface area contributed by atoms with Crippen LogP contribution in [0.2, 0.25) is 0 Å². The number of fused-ring (bicyclic) bond motifs is 1. The van der Waals surface area contributed by atoms with E-state index in [1.807, 2.05) is 17.5 Å². The zero-order chi connectivity index (χ0) is 17.2. The summed E-state index contributed by atoms with van der Waals surface area (Å²) in [6.07, 6.45) is 1.77. The normalized spacial score (nSPS) is 15.6. The van der Waals surface area contributed by atoms with E-state index >= 15 is 0 Å². The number of benzene rings is 1. The highest BCUT2D eigenvalue weighted by Crippen LogP contribution is 2.21. The quantitative estimate of drug-likeness (QED) is 0.716. The van der Waals surface area contributed by atoms with Crippen LogP contribution >= 0.6 is 11.3 Å². The van der Waals surface area contributed by atoms with E-state index in [1.165, 1.54) is 17.0 Å². The second-order valence-electron chi connectivity index (χ2n) is 6.10. The van der Waals surface area contributed by atoms with Gasteiger partial charge in [0, 0.05) is 56.1 Å². The maximum Gasteiger partial charge on any atom is 0.258 e. The average Bonchev–Trinajstić information content (AvgIpc) is 3.12. The number of rotatable bonds is 4. The molecule has 0 bridgehead atoms. The van der Waals surface area contributed by atoms with Crippen LogP contribution in [-0.4, -0.2) is 47.6 Å². The second kappa shape index (κ2) is 6.85. The third-order valence-electron chi connectivity index (χ3n) is 4.55. The van der Waals surface area contributed by atoms with Gasteiger partial charge in [-0.2, -0.15) is 0 Å². The van der Waals surface area contributed by atoms with Gasteiger partial charge in [-0.3, -0.25) is 14.1 Å². The minimum Gasteiger partial charge on any atom is -0.497 e. The summed E-state index contributed by atoms with van der Waals surface area (Å²) in [5.41, 5.74) is 2.07. The summed E-state index contributed by atoms with van der Waals surface area (Å²) >= 11 is 1.49. The maximum atomic E-state index is 12.1. The Morgan fingerprint density at radius 3 is 2.64 bits per heavy atom. The molecule has 0 atom stereocenters. The molecule has 0 spiro atoms. The van der Waals surface area contributed by atoms with E-state index in [0.29, 0.717) is 0 Å². The van der Waals surface area contributed by atoms with Crippen LogP contribution in [0.5, 0.6) is 5.75 Å². The van der Waals surface area contributed by atoms with Crippen LogP contribution < -0.4 is 15.2 Å². The Bertz CT molecular complexity index is 911. The van der Waals surface area contributed by atoms with Gasteiger partial charge >= 0.3 is 0 Å². The first kappa shape index (κ1) is 16.1. The van der Waals surface area contributed by atoms with Crippen LogP contribution in [0.4, 0.5) is 5.69 Å². The third-order valence-corrected chi connectivity index (χ3v) is 5.31. The summed E-state index contributed by atoms with van der Waals surface area (Å²) in [5.74, 6) is 0.878. The van der Waals surface area contributed by atoms with Gasteiger partial charge < -0.3 is 9.64 Å². The van der Waals surface area contributed by atoms with Crippen LogP contribution in [0.1, 0.15) is 5.69 Å². The molecule has 2 aromatic heterocycles. The monoisotopic (exact) mass is 356 g/mol. The van der Waals surface area contributed by atoms with Gasteiger partial charge in [-0.15, -0.1) is 11.3 Å². The number of anilines is 1. The number of thiazole rings is 1. The van der Waals surface area contributed by atoms with E-state index in [1.54, 1.807) is 23.8 Å².